The monoisotopic (exact) mass is 396 g/mol. The lowest BCUT2D eigenvalue weighted by Gasteiger charge is -2.24. The van der Waals surface area contributed by atoms with Crippen LogP contribution in [0.4, 0.5) is 0 Å². The van der Waals surface area contributed by atoms with E-state index in [1.54, 1.807) is 29.2 Å². The molecule has 1 aromatic carbocycles. The number of carboxylic acid groups (broad SMARTS) is 1. The van der Waals surface area contributed by atoms with Crippen LogP contribution < -0.4 is 5.32 Å². The van der Waals surface area contributed by atoms with Gasteiger partial charge in [0.25, 0.3) is 5.91 Å². The first-order valence-corrected chi connectivity index (χ1v) is 8.84. The number of rotatable bonds is 7. The van der Waals surface area contributed by atoms with Gasteiger partial charge in [0, 0.05) is 29.5 Å². The molecule has 1 fully saturated rings. The van der Waals surface area contributed by atoms with Gasteiger partial charge >= 0.3 is 5.97 Å². The van der Waals surface area contributed by atoms with Gasteiger partial charge in [0.1, 0.15) is 6.04 Å². The van der Waals surface area contributed by atoms with E-state index >= 15 is 0 Å². The number of carbonyl (C=O) groups excluding carboxylic acids is 2. The molecule has 1 saturated heterocycles. The molecule has 0 radical (unpaired) electrons. The van der Waals surface area contributed by atoms with Gasteiger partial charge in [-0.1, -0.05) is 15.9 Å². The fraction of sp³-hybridized carbons (Fsp3) is 0.471. The minimum Gasteiger partial charge on any atom is -0.481 e. The molecule has 0 spiro atoms. The zero-order valence-electron chi connectivity index (χ0n) is 13.3. The van der Waals surface area contributed by atoms with Gasteiger partial charge in [0.05, 0.1) is 0 Å². The molecule has 2 N–H and O–H groups in total. The Morgan fingerprint density at radius 2 is 1.92 bits per heavy atom. The highest BCUT2D eigenvalue weighted by atomic mass is 79.9. The van der Waals surface area contributed by atoms with E-state index < -0.39 is 12.0 Å². The number of hydrogen-bond acceptors (Lipinski definition) is 3. The van der Waals surface area contributed by atoms with Crippen molar-refractivity contribution in [1.29, 1.82) is 0 Å². The lowest BCUT2D eigenvalue weighted by molar-refractivity contribution is -0.137. The summed E-state index contributed by atoms with van der Waals surface area (Å²) in [5, 5.41) is 11.4. The standard InChI is InChI=1S/C17H21BrN2O4/c18-13-8-6-12(7-9-13)17(24)20-11-3-4-14(20)16(23)19-10-2-1-5-15(21)22/h6-9,14H,1-5,10-11H2,(H,19,23)(H,21,22). The second-order valence-electron chi connectivity index (χ2n) is 5.81. The van der Waals surface area contributed by atoms with Crippen LogP contribution in [0, 0.1) is 0 Å². The summed E-state index contributed by atoms with van der Waals surface area (Å²) in [7, 11) is 0. The molecule has 1 aromatic rings. The lowest BCUT2D eigenvalue weighted by Crippen LogP contribution is -2.46. The topological polar surface area (TPSA) is 86.7 Å². The van der Waals surface area contributed by atoms with Crippen molar-refractivity contribution in [2.45, 2.75) is 38.1 Å². The van der Waals surface area contributed by atoms with Crippen LogP contribution in [0.3, 0.4) is 0 Å². The summed E-state index contributed by atoms with van der Waals surface area (Å²) < 4.78 is 0.899. The Labute approximate surface area is 149 Å². The molecule has 130 valence electrons. The third-order valence-corrected chi connectivity index (χ3v) is 4.55. The van der Waals surface area contributed by atoms with Crippen molar-refractivity contribution in [2.24, 2.45) is 0 Å². The van der Waals surface area contributed by atoms with E-state index in [2.05, 4.69) is 21.2 Å². The minimum absolute atomic E-state index is 0.105. The van der Waals surface area contributed by atoms with E-state index in [9.17, 15) is 14.4 Å². The van der Waals surface area contributed by atoms with E-state index in [1.807, 2.05) is 0 Å². The van der Waals surface area contributed by atoms with Crippen molar-refractivity contribution in [3.05, 3.63) is 34.3 Å². The maximum Gasteiger partial charge on any atom is 0.303 e. The Balaban J connectivity index is 1.87. The number of halogens is 1. The molecule has 6 nitrogen and oxygen atoms in total. The van der Waals surface area contributed by atoms with Gasteiger partial charge < -0.3 is 15.3 Å². The molecule has 1 unspecified atom stereocenters. The summed E-state index contributed by atoms with van der Waals surface area (Å²) in [6.45, 7) is 1.01. The molecule has 0 aliphatic carbocycles. The summed E-state index contributed by atoms with van der Waals surface area (Å²) in [5.41, 5.74) is 0.569. The Kier molecular flexibility index (Phi) is 6.78. The third-order valence-electron chi connectivity index (χ3n) is 4.02. The van der Waals surface area contributed by atoms with Crippen LogP contribution in [0.25, 0.3) is 0 Å². The highest BCUT2D eigenvalue weighted by Crippen LogP contribution is 2.21. The van der Waals surface area contributed by atoms with E-state index in [-0.39, 0.29) is 18.2 Å². The summed E-state index contributed by atoms with van der Waals surface area (Å²) >= 11 is 3.34. The normalized spacial score (nSPS) is 16.9. The van der Waals surface area contributed by atoms with E-state index in [1.165, 1.54) is 0 Å². The molecule has 1 aliphatic rings. The first-order valence-electron chi connectivity index (χ1n) is 8.05. The maximum atomic E-state index is 12.6. The quantitative estimate of drug-likeness (QED) is 0.692. The molecule has 1 heterocycles. The highest BCUT2D eigenvalue weighted by Gasteiger charge is 2.34. The number of likely N-dealkylation sites (tertiary alicyclic amines) is 1. The van der Waals surface area contributed by atoms with Gasteiger partial charge in [-0.2, -0.15) is 0 Å². The fourth-order valence-electron chi connectivity index (χ4n) is 2.77. The Hall–Kier alpha value is -1.89. The molecule has 0 bridgehead atoms. The molecule has 0 aromatic heterocycles. The second kappa shape index (κ2) is 8.82. The predicted octanol–water partition coefficient (Wildman–Crippen LogP) is 2.42. The van der Waals surface area contributed by atoms with Gasteiger partial charge in [0.2, 0.25) is 5.91 Å². The molecular formula is C17H21BrN2O4. The van der Waals surface area contributed by atoms with Crippen LogP contribution >= 0.6 is 15.9 Å². The van der Waals surface area contributed by atoms with Crippen molar-refractivity contribution in [3.8, 4) is 0 Å². The van der Waals surface area contributed by atoms with Crippen molar-refractivity contribution in [2.75, 3.05) is 13.1 Å². The van der Waals surface area contributed by atoms with Crippen LogP contribution in [0.5, 0.6) is 0 Å². The zero-order chi connectivity index (χ0) is 17.5. The first kappa shape index (κ1) is 18.4. The van der Waals surface area contributed by atoms with Gasteiger partial charge in [-0.15, -0.1) is 0 Å². The number of amides is 2. The average Bonchev–Trinajstić information content (AvgIpc) is 3.03. The number of benzene rings is 1. The average molecular weight is 397 g/mol. The number of unbranched alkanes of at least 4 members (excludes halogenated alkanes) is 1. The van der Waals surface area contributed by atoms with E-state index in [0.29, 0.717) is 37.9 Å². The van der Waals surface area contributed by atoms with Crippen LogP contribution in [0.15, 0.2) is 28.7 Å². The molecule has 2 rings (SSSR count). The highest BCUT2D eigenvalue weighted by molar-refractivity contribution is 9.10. The van der Waals surface area contributed by atoms with Crippen LogP contribution in [0.2, 0.25) is 0 Å². The molecule has 2 amide bonds. The van der Waals surface area contributed by atoms with Crippen LogP contribution in [0.1, 0.15) is 42.5 Å². The number of hydrogen-bond donors (Lipinski definition) is 2. The molecule has 24 heavy (non-hydrogen) atoms. The lowest BCUT2D eigenvalue weighted by atomic mass is 10.1. The smallest absolute Gasteiger partial charge is 0.303 e. The predicted molar refractivity (Wildman–Crippen MR) is 92.7 cm³/mol. The largest absolute Gasteiger partial charge is 0.481 e. The number of carboxylic acids is 1. The van der Waals surface area contributed by atoms with E-state index in [4.69, 9.17) is 5.11 Å². The van der Waals surface area contributed by atoms with Gasteiger partial charge in [-0.25, -0.2) is 0 Å². The summed E-state index contributed by atoms with van der Waals surface area (Å²) in [6, 6.07) is 6.65. The van der Waals surface area contributed by atoms with Crippen molar-refractivity contribution in [3.63, 3.8) is 0 Å². The van der Waals surface area contributed by atoms with Gasteiger partial charge in [-0.3, -0.25) is 14.4 Å². The van der Waals surface area contributed by atoms with Crippen molar-refractivity contribution < 1.29 is 19.5 Å². The number of nitrogens with zero attached hydrogens (tertiary/aromatic N) is 1. The number of aliphatic carboxylic acids is 1. The third kappa shape index (κ3) is 5.06. The first-order chi connectivity index (χ1) is 11.5. The molecule has 0 saturated carbocycles. The van der Waals surface area contributed by atoms with Crippen LogP contribution in [-0.4, -0.2) is 46.9 Å². The summed E-state index contributed by atoms with van der Waals surface area (Å²) in [4.78, 5) is 37.0. The Morgan fingerprint density at radius 1 is 1.21 bits per heavy atom. The van der Waals surface area contributed by atoms with Crippen molar-refractivity contribution >= 4 is 33.7 Å². The summed E-state index contributed by atoms with van der Waals surface area (Å²) in [6.07, 6.45) is 2.71. The Bertz CT molecular complexity index is 603. The SMILES string of the molecule is O=C(O)CCCCNC(=O)C1CCCN1C(=O)c1ccc(Br)cc1. The maximum absolute atomic E-state index is 12.6. The molecule has 1 atom stereocenters. The number of nitrogens with one attached hydrogen (secondary N) is 1. The minimum atomic E-state index is -0.830. The van der Waals surface area contributed by atoms with Crippen molar-refractivity contribution in [1.82, 2.24) is 10.2 Å². The summed E-state index contributed by atoms with van der Waals surface area (Å²) in [5.74, 6) is -1.12. The molecular weight excluding hydrogens is 376 g/mol. The zero-order valence-corrected chi connectivity index (χ0v) is 14.9. The van der Waals surface area contributed by atoms with Gasteiger partial charge in [0.15, 0.2) is 0 Å². The van der Waals surface area contributed by atoms with Crippen LogP contribution in [-0.2, 0) is 9.59 Å². The fourth-order valence-corrected chi connectivity index (χ4v) is 3.04. The molecule has 7 heteroatoms. The Morgan fingerprint density at radius 3 is 2.58 bits per heavy atom. The number of carbonyl (C=O) groups is 3. The van der Waals surface area contributed by atoms with E-state index in [0.717, 1.165) is 10.9 Å². The molecule has 1 aliphatic heterocycles. The second-order valence-corrected chi connectivity index (χ2v) is 6.72. The van der Waals surface area contributed by atoms with Gasteiger partial charge in [-0.05, 0) is 49.9 Å².